The summed E-state index contributed by atoms with van der Waals surface area (Å²) in [5.74, 6) is 0.882. The number of amides is 2. The van der Waals surface area contributed by atoms with Gasteiger partial charge in [-0.05, 0) is 31.8 Å². The molecule has 0 radical (unpaired) electrons. The van der Waals surface area contributed by atoms with Crippen molar-refractivity contribution >= 4 is 6.03 Å². The van der Waals surface area contributed by atoms with Crippen LogP contribution in [0, 0.1) is 0 Å². The van der Waals surface area contributed by atoms with Crippen LogP contribution in [0.4, 0.5) is 4.79 Å². The first-order chi connectivity index (χ1) is 11.1. The predicted molar refractivity (Wildman–Crippen MR) is 91.8 cm³/mol. The Hall–Kier alpha value is -1.79. The maximum Gasteiger partial charge on any atom is 0.317 e. The van der Waals surface area contributed by atoms with Crippen LogP contribution in [0.5, 0.6) is 5.75 Å². The summed E-state index contributed by atoms with van der Waals surface area (Å²) in [4.78, 5) is 18.4. The zero-order chi connectivity index (χ0) is 16.7. The molecule has 0 bridgehead atoms. The summed E-state index contributed by atoms with van der Waals surface area (Å²) in [6, 6.07) is 8.22. The highest BCUT2D eigenvalue weighted by atomic mass is 16.5. The largest absolute Gasteiger partial charge is 0.497 e. The molecular formula is C17H28N4O2. The second kappa shape index (κ2) is 8.74. The number of methoxy groups -OCH3 is 1. The third-order valence-corrected chi connectivity index (χ3v) is 4.06. The molecule has 0 saturated carbocycles. The van der Waals surface area contributed by atoms with E-state index in [9.17, 15) is 4.79 Å². The third-order valence-electron chi connectivity index (χ3n) is 4.06. The van der Waals surface area contributed by atoms with Crippen molar-refractivity contribution in [1.82, 2.24) is 20.0 Å². The van der Waals surface area contributed by atoms with Crippen LogP contribution in [0.3, 0.4) is 0 Å². The molecular weight excluding hydrogens is 292 g/mol. The van der Waals surface area contributed by atoms with Gasteiger partial charge in [0.2, 0.25) is 0 Å². The SMILES string of the molecule is COc1ccc(CN2CCN(C(=O)NCCN(C)C)CC2)cc1. The lowest BCUT2D eigenvalue weighted by Crippen LogP contribution is -2.52. The molecule has 1 aliphatic rings. The summed E-state index contributed by atoms with van der Waals surface area (Å²) in [7, 11) is 5.69. The van der Waals surface area contributed by atoms with Gasteiger partial charge < -0.3 is 19.9 Å². The summed E-state index contributed by atoms with van der Waals surface area (Å²) in [6.45, 7) is 5.86. The number of piperazine rings is 1. The van der Waals surface area contributed by atoms with Crippen LogP contribution in [0.2, 0.25) is 0 Å². The zero-order valence-corrected chi connectivity index (χ0v) is 14.4. The molecule has 0 aromatic heterocycles. The minimum Gasteiger partial charge on any atom is -0.497 e. The lowest BCUT2D eigenvalue weighted by molar-refractivity contribution is 0.135. The van der Waals surface area contributed by atoms with Gasteiger partial charge in [-0.25, -0.2) is 4.79 Å². The summed E-state index contributed by atoms with van der Waals surface area (Å²) in [5, 5.41) is 2.97. The van der Waals surface area contributed by atoms with Crippen molar-refractivity contribution in [1.29, 1.82) is 0 Å². The quantitative estimate of drug-likeness (QED) is 0.852. The summed E-state index contributed by atoms with van der Waals surface area (Å²) < 4.78 is 5.18. The Bertz CT molecular complexity index is 482. The molecule has 1 aromatic carbocycles. The Morgan fingerprint density at radius 3 is 2.39 bits per heavy atom. The Balaban J connectivity index is 1.71. The highest BCUT2D eigenvalue weighted by molar-refractivity contribution is 5.74. The maximum atomic E-state index is 12.1. The first kappa shape index (κ1) is 17.6. The molecule has 0 aliphatic carbocycles. The van der Waals surface area contributed by atoms with Gasteiger partial charge in [-0.2, -0.15) is 0 Å². The molecule has 0 atom stereocenters. The monoisotopic (exact) mass is 320 g/mol. The van der Waals surface area contributed by atoms with Gasteiger partial charge in [0.15, 0.2) is 0 Å². The summed E-state index contributed by atoms with van der Waals surface area (Å²) >= 11 is 0. The van der Waals surface area contributed by atoms with Crippen molar-refractivity contribution in [2.45, 2.75) is 6.54 Å². The van der Waals surface area contributed by atoms with Crippen LogP contribution >= 0.6 is 0 Å². The van der Waals surface area contributed by atoms with E-state index in [4.69, 9.17) is 4.74 Å². The standard InChI is InChI=1S/C17H28N4O2/c1-19(2)9-8-18-17(22)21-12-10-20(11-13-21)14-15-4-6-16(23-3)7-5-15/h4-7H,8-14H2,1-3H3,(H,18,22). The fourth-order valence-corrected chi connectivity index (χ4v) is 2.60. The van der Waals surface area contributed by atoms with Crippen molar-refractivity contribution in [3.8, 4) is 5.75 Å². The van der Waals surface area contributed by atoms with Crippen molar-refractivity contribution in [3.05, 3.63) is 29.8 Å². The van der Waals surface area contributed by atoms with E-state index in [-0.39, 0.29) is 6.03 Å². The maximum absolute atomic E-state index is 12.1. The van der Waals surface area contributed by atoms with Crippen molar-refractivity contribution in [2.24, 2.45) is 0 Å². The van der Waals surface area contributed by atoms with Gasteiger partial charge in [0.05, 0.1) is 7.11 Å². The average molecular weight is 320 g/mol. The summed E-state index contributed by atoms with van der Waals surface area (Å²) in [6.07, 6.45) is 0. The Labute approximate surface area is 139 Å². The molecule has 1 saturated heterocycles. The number of nitrogens with one attached hydrogen (secondary N) is 1. The molecule has 6 nitrogen and oxygen atoms in total. The van der Waals surface area contributed by atoms with Crippen molar-refractivity contribution < 1.29 is 9.53 Å². The number of benzene rings is 1. The summed E-state index contributed by atoms with van der Waals surface area (Å²) in [5.41, 5.74) is 1.27. The molecule has 6 heteroatoms. The van der Waals surface area contributed by atoms with E-state index in [1.807, 2.05) is 31.1 Å². The third kappa shape index (κ3) is 5.73. The van der Waals surface area contributed by atoms with Crippen molar-refractivity contribution in [2.75, 3.05) is 60.5 Å². The minimum atomic E-state index is 0.0518. The second-order valence-corrected chi connectivity index (χ2v) is 6.15. The predicted octanol–water partition coefficient (Wildman–Crippen LogP) is 1.08. The van der Waals surface area contributed by atoms with Crippen LogP contribution < -0.4 is 10.1 Å². The van der Waals surface area contributed by atoms with Gasteiger partial charge in [0.25, 0.3) is 0 Å². The number of urea groups is 1. The topological polar surface area (TPSA) is 48.1 Å². The van der Waals surface area contributed by atoms with E-state index >= 15 is 0 Å². The number of rotatable bonds is 6. The van der Waals surface area contributed by atoms with Gasteiger partial charge in [-0.3, -0.25) is 4.90 Å². The van der Waals surface area contributed by atoms with E-state index in [0.29, 0.717) is 6.54 Å². The number of likely N-dealkylation sites (N-methyl/N-ethyl adjacent to an activating group) is 1. The first-order valence-electron chi connectivity index (χ1n) is 8.11. The Kier molecular flexibility index (Phi) is 6.67. The van der Waals surface area contributed by atoms with Crippen LogP contribution in [0.15, 0.2) is 24.3 Å². The fourth-order valence-electron chi connectivity index (χ4n) is 2.60. The molecule has 2 amide bonds. The molecule has 1 fully saturated rings. The van der Waals surface area contributed by atoms with E-state index in [1.165, 1.54) is 5.56 Å². The molecule has 1 aromatic rings. The molecule has 1 N–H and O–H groups in total. The molecule has 1 aliphatic heterocycles. The molecule has 128 valence electrons. The molecule has 2 rings (SSSR count). The van der Waals surface area contributed by atoms with E-state index in [1.54, 1.807) is 7.11 Å². The molecule has 1 heterocycles. The molecule has 0 spiro atoms. The number of hydrogen-bond acceptors (Lipinski definition) is 4. The van der Waals surface area contributed by atoms with Gasteiger partial charge in [-0.1, -0.05) is 12.1 Å². The highest BCUT2D eigenvalue weighted by Gasteiger charge is 2.20. The number of ether oxygens (including phenoxy) is 1. The average Bonchev–Trinajstić information content (AvgIpc) is 2.56. The van der Waals surface area contributed by atoms with E-state index < -0.39 is 0 Å². The van der Waals surface area contributed by atoms with Crippen molar-refractivity contribution in [3.63, 3.8) is 0 Å². The lowest BCUT2D eigenvalue weighted by Gasteiger charge is -2.34. The second-order valence-electron chi connectivity index (χ2n) is 6.15. The smallest absolute Gasteiger partial charge is 0.317 e. The van der Waals surface area contributed by atoms with Crippen LogP contribution in [-0.2, 0) is 6.54 Å². The molecule has 0 unspecified atom stereocenters. The Morgan fingerprint density at radius 1 is 1.17 bits per heavy atom. The number of nitrogens with zero attached hydrogens (tertiary/aromatic N) is 3. The lowest BCUT2D eigenvalue weighted by atomic mass is 10.2. The fraction of sp³-hybridized carbons (Fsp3) is 0.588. The van der Waals surface area contributed by atoms with E-state index in [2.05, 4.69) is 27.2 Å². The van der Waals surface area contributed by atoms with Crippen LogP contribution in [-0.4, -0.2) is 81.2 Å². The number of carbonyl (C=O) groups excluding carboxylic acids is 1. The molecule has 23 heavy (non-hydrogen) atoms. The van der Waals surface area contributed by atoms with Gasteiger partial charge in [0, 0.05) is 45.8 Å². The Morgan fingerprint density at radius 2 is 1.83 bits per heavy atom. The normalized spacial score (nSPS) is 15.7. The zero-order valence-electron chi connectivity index (χ0n) is 14.4. The first-order valence-corrected chi connectivity index (χ1v) is 8.11. The number of hydrogen-bond donors (Lipinski definition) is 1. The van der Waals surface area contributed by atoms with Gasteiger partial charge in [-0.15, -0.1) is 0 Å². The van der Waals surface area contributed by atoms with Gasteiger partial charge >= 0.3 is 6.03 Å². The van der Waals surface area contributed by atoms with Gasteiger partial charge in [0.1, 0.15) is 5.75 Å². The minimum absolute atomic E-state index is 0.0518. The number of carbonyl (C=O) groups is 1. The van der Waals surface area contributed by atoms with E-state index in [0.717, 1.165) is 45.0 Å². The highest BCUT2D eigenvalue weighted by Crippen LogP contribution is 2.14. The van der Waals surface area contributed by atoms with Crippen LogP contribution in [0.25, 0.3) is 0 Å². The van der Waals surface area contributed by atoms with Crippen LogP contribution in [0.1, 0.15) is 5.56 Å².